The molecule has 0 heterocycles. The number of hydrogen-bond donors (Lipinski definition) is 3. The number of nitrogens with zero attached hydrogens (tertiary/aromatic N) is 1. The lowest BCUT2D eigenvalue weighted by atomic mass is 9.94. The molecule has 0 radical (unpaired) electrons. The van der Waals surface area contributed by atoms with Gasteiger partial charge in [0.05, 0.1) is 0 Å². The van der Waals surface area contributed by atoms with Crippen LogP contribution in [0.25, 0.3) is 0 Å². The number of hydrogen-bond acceptors (Lipinski definition) is 5. The fourth-order valence-corrected chi connectivity index (χ4v) is 4.40. The predicted molar refractivity (Wildman–Crippen MR) is 155 cm³/mol. The van der Waals surface area contributed by atoms with E-state index in [1.165, 1.54) is 11.3 Å². The van der Waals surface area contributed by atoms with Crippen molar-refractivity contribution in [3.05, 3.63) is 25.3 Å². The van der Waals surface area contributed by atoms with E-state index in [2.05, 4.69) is 30.7 Å². The summed E-state index contributed by atoms with van der Waals surface area (Å²) in [6.07, 6.45) is 11.6. The fraction of sp³-hybridized carbons (Fsp3) is 0.733. The molecule has 0 saturated heterocycles. The van der Waals surface area contributed by atoms with E-state index in [-0.39, 0.29) is 30.8 Å². The van der Waals surface area contributed by atoms with Gasteiger partial charge in [-0.05, 0) is 57.3 Å². The zero-order valence-corrected chi connectivity index (χ0v) is 24.9. The largest absolute Gasteiger partial charge is 0.480 e. The molecule has 0 fully saturated rings. The Morgan fingerprint density at radius 2 is 1.54 bits per heavy atom. The summed E-state index contributed by atoms with van der Waals surface area (Å²) in [6, 6.07) is -2.27. The minimum Gasteiger partial charge on any atom is -0.480 e. The molecular weight excluding hydrogens is 498 g/mol. The van der Waals surface area contributed by atoms with Crippen molar-refractivity contribution in [2.75, 3.05) is 14.1 Å². The molecule has 0 aliphatic rings. The van der Waals surface area contributed by atoms with Gasteiger partial charge in [0.2, 0.25) is 11.8 Å². The number of carboxylic acid groups (broad SMARTS) is 1. The third-order valence-corrected chi connectivity index (χ3v) is 6.53. The molecule has 0 aliphatic carbocycles. The van der Waals surface area contributed by atoms with E-state index in [0.29, 0.717) is 12.8 Å². The van der Waals surface area contributed by atoms with E-state index < -0.39 is 36.0 Å². The molecule has 4 atom stereocenters. The molecule has 3 amide bonds. The lowest BCUT2D eigenvalue weighted by Gasteiger charge is -2.26. The number of rotatable bonds is 22. The minimum absolute atomic E-state index is 0.0510. The van der Waals surface area contributed by atoms with Gasteiger partial charge in [-0.1, -0.05) is 58.6 Å². The Hall–Kier alpha value is -2.84. The Morgan fingerprint density at radius 1 is 0.897 bits per heavy atom. The standard InChI is InChI=1S/C30H53N3O6/c1-8-11-13-14-16-19-24(18-15-12-9-2)39-30(38)32-25(20-22(4)5)27(34)31-26(29(36)37)21-23(17-10-3)28(35)33(6)7/h9-10,22-26H,2-3,8,11-21H2,1,4-7H3,(H,31,34)(H,32,38)(H,36,37)/t23?,24?,25-,26-/m0/s1. The molecule has 0 saturated carbocycles. The molecule has 0 aliphatic heterocycles. The Kier molecular flexibility index (Phi) is 19.5. The SMILES string of the molecule is C=CCCCC(CCCCCCC)OC(=O)N[C@@H](CC(C)C)C(=O)N[C@@H](CC(CC=C)C(=O)N(C)C)C(=O)O. The van der Waals surface area contributed by atoms with E-state index in [1.54, 1.807) is 20.2 Å². The summed E-state index contributed by atoms with van der Waals surface area (Å²) in [7, 11) is 3.19. The Balaban J connectivity index is 5.41. The van der Waals surface area contributed by atoms with Crippen LogP contribution in [-0.4, -0.2) is 66.2 Å². The van der Waals surface area contributed by atoms with Gasteiger partial charge in [0.15, 0.2) is 0 Å². The highest BCUT2D eigenvalue weighted by Gasteiger charge is 2.32. The van der Waals surface area contributed by atoms with Crippen LogP contribution in [0.2, 0.25) is 0 Å². The summed E-state index contributed by atoms with van der Waals surface area (Å²) in [6.45, 7) is 13.4. The Morgan fingerprint density at radius 3 is 2.08 bits per heavy atom. The number of ether oxygens (including phenoxy) is 1. The van der Waals surface area contributed by atoms with Gasteiger partial charge >= 0.3 is 12.1 Å². The van der Waals surface area contributed by atoms with Crippen LogP contribution < -0.4 is 10.6 Å². The van der Waals surface area contributed by atoms with E-state index in [9.17, 15) is 24.3 Å². The molecule has 3 N–H and O–H groups in total. The molecule has 0 aromatic heterocycles. The van der Waals surface area contributed by atoms with Crippen molar-refractivity contribution in [3.8, 4) is 0 Å². The van der Waals surface area contributed by atoms with Crippen LogP contribution in [0, 0.1) is 11.8 Å². The van der Waals surface area contributed by atoms with Gasteiger partial charge < -0.3 is 25.4 Å². The van der Waals surface area contributed by atoms with E-state index in [4.69, 9.17) is 4.74 Å². The molecule has 0 spiro atoms. The molecule has 9 nitrogen and oxygen atoms in total. The third-order valence-electron chi connectivity index (χ3n) is 6.53. The molecule has 0 rings (SSSR count). The summed E-state index contributed by atoms with van der Waals surface area (Å²) in [5, 5.41) is 15.0. The van der Waals surface area contributed by atoms with Crippen molar-refractivity contribution >= 4 is 23.9 Å². The van der Waals surface area contributed by atoms with Gasteiger partial charge in [0, 0.05) is 20.0 Å². The van der Waals surface area contributed by atoms with Crippen LogP contribution in [0.4, 0.5) is 4.79 Å². The van der Waals surface area contributed by atoms with Crippen LogP contribution in [-0.2, 0) is 19.1 Å². The van der Waals surface area contributed by atoms with E-state index >= 15 is 0 Å². The lowest BCUT2D eigenvalue weighted by Crippen LogP contribution is -2.53. The van der Waals surface area contributed by atoms with Crippen molar-refractivity contribution in [1.82, 2.24) is 15.5 Å². The van der Waals surface area contributed by atoms with E-state index in [0.717, 1.165) is 44.9 Å². The number of nitrogens with one attached hydrogen (secondary N) is 2. The van der Waals surface area contributed by atoms with Crippen LogP contribution in [0.15, 0.2) is 25.3 Å². The number of carboxylic acids is 1. The quantitative estimate of drug-likeness (QED) is 0.121. The molecule has 39 heavy (non-hydrogen) atoms. The van der Waals surface area contributed by atoms with Gasteiger partial charge in [0.1, 0.15) is 18.2 Å². The molecule has 9 heteroatoms. The Labute approximate surface area is 235 Å². The van der Waals surface area contributed by atoms with Crippen LogP contribution in [0.5, 0.6) is 0 Å². The molecule has 224 valence electrons. The fourth-order valence-electron chi connectivity index (χ4n) is 4.40. The number of allylic oxidation sites excluding steroid dienone is 2. The zero-order chi connectivity index (χ0) is 29.8. The first-order valence-electron chi connectivity index (χ1n) is 14.4. The number of carbonyl (C=O) groups is 4. The molecule has 0 aromatic carbocycles. The van der Waals surface area contributed by atoms with Gasteiger partial charge in [-0.3, -0.25) is 9.59 Å². The topological polar surface area (TPSA) is 125 Å². The van der Waals surface area contributed by atoms with Crippen LogP contribution in [0.3, 0.4) is 0 Å². The normalized spacial score (nSPS) is 14.0. The molecular formula is C30H53N3O6. The Bertz CT molecular complexity index is 768. The van der Waals surface area contributed by atoms with Crippen LogP contribution in [0.1, 0.15) is 97.8 Å². The van der Waals surface area contributed by atoms with Crippen molar-refractivity contribution in [2.24, 2.45) is 11.8 Å². The average molecular weight is 552 g/mol. The van der Waals surface area contributed by atoms with Crippen LogP contribution >= 0.6 is 0 Å². The first kappa shape index (κ1) is 36.2. The highest BCUT2D eigenvalue weighted by atomic mass is 16.6. The molecule has 0 bridgehead atoms. The maximum atomic E-state index is 13.2. The second-order valence-electron chi connectivity index (χ2n) is 10.9. The first-order chi connectivity index (χ1) is 18.5. The minimum atomic E-state index is -1.30. The summed E-state index contributed by atoms with van der Waals surface area (Å²) in [5.74, 6) is -2.71. The maximum Gasteiger partial charge on any atom is 0.408 e. The van der Waals surface area contributed by atoms with Gasteiger partial charge in [-0.15, -0.1) is 13.2 Å². The smallest absolute Gasteiger partial charge is 0.408 e. The summed E-state index contributed by atoms with van der Waals surface area (Å²) in [4.78, 5) is 51.9. The molecule has 2 unspecified atom stereocenters. The first-order valence-corrected chi connectivity index (χ1v) is 14.4. The zero-order valence-electron chi connectivity index (χ0n) is 24.9. The number of alkyl carbamates (subject to hydrolysis) is 1. The number of unbranched alkanes of at least 4 members (excludes halogenated alkanes) is 5. The second kappa shape index (κ2) is 21.0. The monoisotopic (exact) mass is 551 g/mol. The second-order valence-corrected chi connectivity index (χ2v) is 10.9. The third kappa shape index (κ3) is 16.7. The highest BCUT2D eigenvalue weighted by molar-refractivity contribution is 5.89. The van der Waals surface area contributed by atoms with Crippen molar-refractivity contribution in [1.29, 1.82) is 0 Å². The lowest BCUT2D eigenvalue weighted by molar-refractivity contribution is -0.143. The number of amides is 3. The summed E-state index contributed by atoms with van der Waals surface area (Å²) in [5.41, 5.74) is 0. The van der Waals surface area contributed by atoms with Gasteiger partial charge in [0.25, 0.3) is 0 Å². The summed E-state index contributed by atoms with van der Waals surface area (Å²) >= 11 is 0. The van der Waals surface area contributed by atoms with Gasteiger partial charge in [-0.25, -0.2) is 9.59 Å². The average Bonchev–Trinajstić information content (AvgIpc) is 2.86. The van der Waals surface area contributed by atoms with Crippen molar-refractivity contribution in [3.63, 3.8) is 0 Å². The van der Waals surface area contributed by atoms with Crippen molar-refractivity contribution < 1.29 is 29.0 Å². The number of carbonyl (C=O) groups excluding carboxylic acids is 3. The molecule has 0 aromatic rings. The summed E-state index contributed by atoms with van der Waals surface area (Å²) < 4.78 is 5.73. The number of aliphatic carboxylic acids is 1. The maximum absolute atomic E-state index is 13.2. The predicted octanol–water partition coefficient (Wildman–Crippen LogP) is 5.45. The van der Waals surface area contributed by atoms with Gasteiger partial charge in [-0.2, -0.15) is 0 Å². The highest BCUT2D eigenvalue weighted by Crippen LogP contribution is 2.17. The van der Waals surface area contributed by atoms with E-state index in [1.807, 2.05) is 19.9 Å². The van der Waals surface area contributed by atoms with Crippen molar-refractivity contribution in [2.45, 2.75) is 116 Å².